The first-order valence-corrected chi connectivity index (χ1v) is 11.8. The SMILES string of the molecule is C[C@@H](NC(=O)OCc1ccccc1)C(c1ccccc1)N(C(=O)OCc1ccccc1)C(C)(C)C. The molecule has 6 heteroatoms. The Bertz CT molecular complexity index is 1070. The lowest BCUT2D eigenvalue weighted by atomic mass is 9.93. The fourth-order valence-corrected chi connectivity index (χ4v) is 3.93. The van der Waals surface area contributed by atoms with Crippen molar-refractivity contribution in [3.8, 4) is 0 Å². The van der Waals surface area contributed by atoms with Crippen LogP contribution in [0.3, 0.4) is 0 Å². The van der Waals surface area contributed by atoms with Crippen LogP contribution in [0.2, 0.25) is 0 Å². The third kappa shape index (κ3) is 7.60. The van der Waals surface area contributed by atoms with Crippen molar-refractivity contribution in [3.63, 3.8) is 0 Å². The van der Waals surface area contributed by atoms with Crippen molar-refractivity contribution >= 4 is 12.2 Å². The van der Waals surface area contributed by atoms with Crippen LogP contribution in [0, 0.1) is 0 Å². The van der Waals surface area contributed by atoms with E-state index in [1.807, 2.05) is 119 Å². The van der Waals surface area contributed by atoms with Gasteiger partial charge in [0.05, 0.1) is 12.1 Å². The summed E-state index contributed by atoms with van der Waals surface area (Å²) in [5.74, 6) is 0. The molecule has 0 saturated heterocycles. The van der Waals surface area contributed by atoms with Crippen molar-refractivity contribution in [3.05, 3.63) is 108 Å². The van der Waals surface area contributed by atoms with E-state index in [4.69, 9.17) is 9.47 Å². The fraction of sp³-hybridized carbons (Fsp3) is 0.310. The lowest BCUT2D eigenvalue weighted by Gasteiger charge is -2.43. The van der Waals surface area contributed by atoms with Crippen molar-refractivity contribution in [2.24, 2.45) is 0 Å². The predicted molar refractivity (Wildman–Crippen MR) is 137 cm³/mol. The van der Waals surface area contributed by atoms with Crippen LogP contribution >= 0.6 is 0 Å². The highest BCUT2D eigenvalue weighted by Gasteiger charge is 2.39. The number of hydrogen-bond acceptors (Lipinski definition) is 4. The second-order valence-electron chi connectivity index (χ2n) is 9.43. The van der Waals surface area contributed by atoms with Gasteiger partial charge in [-0.1, -0.05) is 91.0 Å². The maximum atomic E-state index is 13.4. The first-order valence-electron chi connectivity index (χ1n) is 11.8. The molecule has 3 aromatic rings. The number of rotatable bonds is 8. The zero-order valence-electron chi connectivity index (χ0n) is 20.8. The molecule has 0 saturated carbocycles. The fourth-order valence-electron chi connectivity index (χ4n) is 3.93. The van der Waals surface area contributed by atoms with Gasteiger partial charge in [-0.05, 0) is 44.4 Å². The van der Waals surface area contributed by atoms with Gasteiger partial charge in [-0.25, -0.2) is 9.59 Å². The molecule has 6 nitrogen and oxygen atoms in total. The van der Waals surface area contributed by atoms with Crippen molar-refractivity contribution < 1.29 is 19.1 Å². The zero-order valence-corrected chi connectivity index (χ0v) is 20.8. The minimum atomic E-state index is -0.585. The van der Waals surface area contributed by atoms with Gasteiger partial charge >= 0.3 is 12.2 Å². The Morgan fingerprint density at radius 2 is 1.23 bits per heavy atom. The molecular weight excluding hydrogens is 440 g/mol. The molecule has 184 valence electrons. The number of carbonyl (C=O) groups is 2. The second-order valence-corrected chi connectivity index (χ2v) is 9.43. The Labute approximate surface area is 207 Å². The summed E-state index contributed by atoms with van der Waals surface area (Å²) in [7, 11) is 0. The number of amides is 2. The van der Waals surface area contributed by atoms with E-state index < -0.39 is 29.8 Å². The third-order valence-electron chi connectivity index (χ3n) is 5.58. The van der Waals surface area contributed by atoms with Crippen LogP contribution in [-0.4, -0.2) is 28.7 Å². The van der Waals surface area contributed by atoms with Gasteiger partial charge in [0, 0.05) is 5.54 Å². The van der Waals surface area contributed by atoms with E-state index >= 15 is 0 Å². The van der Waals surface area contributed by atoms with Crippen LogP contribution in [0.4, 0.5) is 9.59 Å². The molecule has 0 bridgehead atoms. The minimum absolute atomic E-state index is 0.161. The van der Waals surface area contributed by atoms with Gasteiger partial charge < -0.3 is 14.8 Å². The number of benzene rings is 3. The summed E-state index contributed by atoms with van der Waals surface area (Å²) in [5.41, 5.74) is 2.10. The Hall–Kier alpha value is -3.80. The normalized spacial score (nSPS) is 12.8. The smallest absolute Gasteiger partial charge is 0.411 e. The molecule has 2 atom stereocenters. The van der Waals surface area contributed by atoms with Gasteiger partial charge in [0.2, 0.25) is 0 Å². The standard InChI is InChI=1S/C29H34N2O4/c1-22(30-27(32)34-20-23-14-8-5-9-15-23)26(25-18-12-7-13-19-25)31(29(2,3)4)28(33)35-21-24-16-10-6-11-17-24/h5-19,22,26H,20-21H2,1-4H3,(H,30,32)/t22-,26?/m1/s1. The Morgan fingerprint density at radius 1 is 0.771 bits per heavy atom. The quantitative estimate of drug-likeness (QED) is 0.406. The lowest BCUT2D eigenvalue weighted by molar-refractivity contribution is 0.0291. The first-order chi connectivity index (χ1) is 16.8. The largest absolute Gasteiger partial charge is 0.445 e. The van der Waals surface area contributed by atoms with Gasteiger partial charge in [0.15, 0.2) is 0 Å². The topological polar surface area (TPSA) is 67.9 Å². The zero-order chi connectivity index (χ0) is 25.3. The number of nitrogens with one attached hydrogen (secondary N) is 1. The highest BCUT2D eigenvalue weighted by atomic mass is 16.6. The lowest BCUT2D eigenvalue weighted by Crippen LogP contribution is -2.54. The summed E-state index contributed by atoms with van der Waals surface area (Å²) in [4.78, 5) is 27.8. The summed E-state index contributed by atoms with van der Waals surface area (Å²) >= 11 is 0. The van der Waals surface area contributed by atoms with Crippen molar-refractivity contribution in [2.45, 2.75) is 58.5 Å². The molecule has 1 unspecified atom stereocenters. The van der Waals surface area contributed by atoms with E-state index in [2.05, 4.69) is 5.32 Å². The van der Waals surface area contributed by atoms with E-state index in [9.17, 15) is 9.59 Å². The van der Waals surface area contributed by atoms with Crippen LogP contribution < -0.4 is 5.32 Å². The summed E-state index contributed by atoms with van der Waals surface area (Å²) in [5, 5.41) is 2.92. The molecule has 0 heterocycles. The van der Waals surface area contributed by atoms with Crippen LogP contribution in [-0.2, 0) is 22.7 Å². The van der Waals surface area contributed by atoms with Gasteiger partial charge in [-0.15, -0.1) is 0 Å². The second kappa shape index (κ2) is 12.1. The summed E-state index contributed by atoms with van der Waals surface area (Å²) in [6, 6.07) is 27.8. The molecule has 0 aromatic heterocycles. The number of carbonyl (C=O) groups excluding carboxylic acids is 2. The molecule has 3 aromatic carbocycles. The number of nitrogens with zero attached hydrogens (tertiary/aromatic N) is 1. The van der Waals surface area contributed by atoms with Gasteiger partial charge in [-0.2, -0.15) is 0 Å². The molecule has 35 heavy (non-hydrogen) atoms. The Kier molecular flexibility index (Phi) is 8.90. The molecule has 0 radical (unpaired) electrons. The van der Waals surface area contributed by atoms with Gasteiger partial charge in [-0.3, -0.25) is 4.90 Å². The van der Waals surface area contributed by atoms with Crippen LogP contribution in [0.25, 0.3) is 0 Å². The van der Waals surface area contributed by atoms with E-state index in [-0.39, 0.29) is 13.2 Å². The summed E-state index contributed by atoms with van der Waals surface area (Å²) in [6.45, 7) is 8.05. The number of alkyl carbamates (subject to hydrolysis) is 1. The molecule has 0 aliphatic rings. The third-order valence-corrected chi connectivity index (χ3v) is 5.58. The van der Waals surface area contributed by atoms with E-state index in [0.717, 1.165) is 16.7 Å². The molecular formula is C29H34N2O4. The average Bonchev–Trinajstić information content (AvgIpc) is 2.85. The average molecular weight is 475 g/mol. The molecule has 2 amide bonds. The highest BCUT2D eigenvalue weighted by molar-refractivity contribution is 5.71. The molecule has 0 aliphatic heterocycles. The molecule has 0 fully saturated rings. The van der Waals surface area contributed by atoms with Gasteiger partial charge in [0.25, 0.3) is 0 Å². The van der Waals surface area contributed by atoms with Crippen LogP contribution in [0.15, 0.2) is 91.0 Å². The number of ether oxygens (including phenoxy) is 2. The van der Waals surface area contributed by atoms with Crippen LogP contribution in [0.1, 0.15) is 50.4 Å². The Morgan fingerprint density at radius 3 is 1.71 bits per heavy atom. The maximum absolute atomic E-state index is 13.4. The molecule has 1 N–H and O–H groups in total. The van der Waals surface area contributed by atoms with Crippen molar-refractivity contribution in [1.29, 1.82) is 0 Å². The van der Waals surface area contributed by atoms with Crippen molar-refractivity contribution in [1.82, 2.24) is 10.2 Å². The monoisotopic (exact) mass is 474 g/mol. The van der Waals surface area contributed by atoms with E-state index in [0.29, 0.717) is 0 Å². The van der Waals surface area contributed by atoms with Crippen LogP contribution in [0.5, 0.6) is 0 Å². The maximum Gasteiger partial charge on any atom is 0.411 e. The highest BCUT2D eigenvalue weighted by Crippen LogP contribution is 2.32. The van der Waals surface area contributed by atoms with E-state index in [1.54, 1.807) is 4.90 Å². The number of hydrogen-bond donors (Lipinski definition) is 1. The Balaban J connectivity index is 1.79. The summed E-state index contributed by atoms with van der Waals surface area (Å²) < 4.78 is 11.2. The molecule has 0 aliphatic carbocycles. The van der Waals surface area contributed by atoms with Crippen molar-refractivity contribution in [2.75, 3.05) is 0 Å². The molecule has 0 spiro atoms. The summed E-state index contributed by atoms with van der Waals surface area (Å²) in [6.07, 6.45) is -1.00. The van der Waals surface area contributed by atoms with E-state index in [1.165, 1.54) is 0 Å². The minimum Gasteiger partial charge on any atom is -0.445 e. The predicted octanol–water partition coefficient (Wildman–Crippen LogP) is 6.48. The first kappa shape index (κ1) is 25.8. The van der Waals surface area contributed by atoms with Gasteiger partial charge in [0.1, 0.15) is 13.2 Å². The molecule has 3 rings (SSSR count).